The molecule has 0 aliphatic heterocycles. The van der Waals surface area contributed by atoms with E-state index in [2.05, 4.69) is 10.4 Å². The van der Waals surface area contributed by atoms with Gasteiger partial charge in [0, 0.05) is 20.2 Å². The highest BCUT2D eigenvalue weighted by Gasteiger charge is 2.18. The smallest absolute Gasteiger partial charge is 0.269 e. The number of nitrogens with one attached hydrogen (secondary N) is 1. The zero-order valence-electron chi connectivity index (χ0n) is 7.68. The molecule has 1 aromatic heterocycles. The summed E-state index contributed by atoms with van der Waals surface area (Å²) in [4.78, 5) is 11.2. The van der Waals surface area contributed by atoms with Crippen LogP contribution in [0.5, 0.6) is 0 Å². The number of sulfonamides is 1. The van der Waals surface area contributed by atoms with Gasteiger partial charge in [-0.05, 0) is 0 Å². The van der Waals surface area contributed by atoms with E-state index in [0.717, 1.165) is 10.7 Å². The Labute approximate surface area is 80.9 Å². The Morgan fingerprint density at radius 1 is 1.64 bits per heavy atom. The molecule has 0 bridgehead atoms. The lowest BCUT2D eigenvalue weighted by atomic mass is 10.4. The van der Waals surface area contributed by atoms with Crippen molar-refractivity contribution >= 4 is 15.9 Å². The number of carbonyl (C=O) groups is 1. The van der Waals surface area contributed by atoms with E-state index in [1.807, 2.05) is 0 Å². The van der Waals surface area contributed by atoms with Crippen LogP contribution in [0.4, 0.5) is 0 Å². The van der Waals surface area contributed by atoms with Crippen LogP contribution in [0.25, 0.3) is 0 Å². The van der Waals surface area contributed by atoms with Crippen molar-refractivity contribution in [2.24, 2.45) is 12.2 Å². The molecule has 78 valence electrons. The van der Waals surface area contributed by atoms with Crippen LogP contribution in [0.1, 0.15) is 10.5 Å². The lowest BCUT2D eigenvalue weighted by Crippen LogP contribution is -2.20. The minimum atomic E-state index is -3.86. The van der Waals surface area contributed by atoms with E-state index >= 15 is 0 Å². The number of nitrogens with zero attached hydrogens (tertiary/aromatic N) is 2. The van der Waals surface area contributed by atoms with Gasteiger partial charge in [0.25, 0.3) is 15.9 Å². The normalized spacial score (nSPS) is 11.4. The average molecular weight is 218 g/mol. The predicted molar refractivity (Wildman–Crippen MR) is 48.0 cm³/mol. The number of carbonyl (C=O) groups excluding carboxylic acids is 1. The molecule has 0 atom stereocenters. The third-order valence-electron chi connectivity index (χ3n) is 1.61. The van der Waals surface area contributed by atoms with E-state index < -0.39 is 15.9 Å². The maximum atomic E-state index is 11.2. The first-order valence-electron chi connectivity index (χ1n) is 3.65. The zero-order valence-corrected chi connectivity index (χ0v) is 8.50. The number of rotatable bonds is 2. The first-order chi connectivity index (χ1) is 6.36. The molecular formula is C6H10N4O3S. The number of aryl methyl sites for hydroxylation is 1. The van der Waals surface area contributed by atoms with Crippen molar-refractivity contribution in [3.05, 3.63) is 11.8 Å². The average Bonchev–Trinajstić information content (AvgIpc) is 2.45. The van der Waals surface area contributed by atoms with Crippen molar-refractivity contribution in [1.82, 2.24) is 15.1 Å². The van der Waals surface area contributed by atoms with Gasteiger partial charge in [-0.1, -0.05) is 0 Å². The van der Waals surface area contributed by atoms with Crippen LogP contribution < -0.4 is 10.5 Å². The fraction of sp³-hybridized carbons (Fsp3) is 0.333. The van der Waals surface area contributed by atoms with Gasteiger partial charge in [0.05, 0.1) is 0 Å². The fourth-order valence-electron chi connectivity index (χ4n) is 0.921. The zero-order chi connectivity index (χ0) is 10.9. The summed E-state index contributed by atoms with van der Waals surface area (Å²) in [5.41, 5.74) is 0.136. The SMILES string of the molecule is CNC(=O)c1cc(S(N)(=O)=O)nn1C. The molecule has 14 heavy (non-hydrogen) atoms. The summed E-state index contributed by atoms with van der Waals surface area (Å²) >= 11 is 0. The lowest BCUT2D eigenvalue weighted by Gasteiger charge is -1.97. The number of hydrogen-bond donors (Lipinski definition) is 2. The molecule has 8 heteroatoms. The Hall–Kier alpha value is -1.41. The molecule has 0 fully saturated rings. The maximum Gasteiger partial charge on any atom is 0.269 e. The summed E-state index contributed by atoms with van der Waals surface area (Å²) in [6.07, 6.45) is 0. The molecule has 3 N–H and O–H groups in total. The molecule has 0 radical (unpaired) electrons. The highest BCUT2D eigenvalue weighted by molar-refractivity contribution is 7.89. The van der Waals surface area contributed by atoms with Crippen molar-refractivity contribution in [3.63, 3.8) is 0 Å². The third kappa shape index (κ3) is 1.91. The van der Waals surface area contributed by atoms with E-state index in [0.29, 0.717) is 0 Å². The highest BCUT2D eigenvalue weighted by atomic mass is 32.2. The molecule has 0 saturated heterocycles. The Balaban J connectivity index is 3.25. The largest absolute Gasteiger partial charge is 0.354 e. The second kappa shape index (κ2) is 3.39. The first-order valence-corrected chi connectivity index (χ1v) is 5.20. The minimum Gasteiger partial charge on any atom is -0.354 e. The van der Waals surface area contributed by atoms with Crippen LogP contribution in [0.15, 0.2) is 11.1 Å². The van der Waals surface area contributed by atoms with Crippen molar-refractivity contribution in [3.8, 4) is 0 Å². The Morgan fingerprint density at radius 3 is 2.57 bits per heavy atom. The molecule has 0 spiro atoms. The van der Waals surface area contributed by atoms with Crippen LogP contribution in [-0.2, 0) is 17.1 Å². The topological polar surface area (TPSA) is 107 Å². The van der Waals surface area contributed by atoms with E-state index in [1.165, 1.54) is 14.1 Å². The van der Waals surface area contributed by atoms with Gasteiger partial charge in [-0.3, -0.25) is 9.48 Å². The van der Waals surface area contributed by atoms with Crippen LogP contribution in [-0.4, -0.2) is 31.2 Å². The predicted octanol–water partition coefficient (Wildman–Crippen LogP) is -1.57. The second-order valence-corrected chi connectivity index (χ2v) is 4.12. The lowest BCUT2D eigenvalue weighted by molar-refractivity contribution is 0.0954. The summed E-state index contributed by atoms with van der Waals surface area (Å²) in [7, 11) is -0.964. The van der Waals surface area contributed by atoms with E-state index in [4.69, 9.17) is 5.14 Å². The van der Waals surface area contributed by atoms with Crippen molar-refractivity contribution in [2.75, 3.05) is 7.05 Å². The number of aromatic nitrogens is 2. The van der Waals surface area contributed by atoms with Gasteiger partial charge in [0.15, 0.2) is 5.03 Å². The molecule has 1 aromatic rings. The molecule has 7 nitrogen and oxygen atoms in total. The summed E-state index contributed by atoms with van der Waals surface area (Å²) in [5, 5.41) is 10.5. The van der Waals surface area contributed by atoms with Gasteiger partial charge in [-0.2, -0.15) is 5.10 Å². The van der Waals surface area contributed by atoms with E-state index in [-0.39, 0.29) is 10.7 Å². The van der Waals surface area contributed by atoms with Crippen LogP contribution in [0.2, 0.25) is 0 Å². The summed E-state index contributed by atoms with van der Waals surface area (Å²) < 4.78 is 22.9. The van der Waals surface area contributed by atoms with E-state index in [1.54, 1.807) is 0 Å². The molecule has 0 unspecified atom stereocenters. The standard InChI is InChI=1S/C6H10N4O3S/c1-8-6(11)4-3-5(9-10(4)2)14(7,12)13/h3H,1-2H3,(H,8,11)(H2,7,12,13). The molecule has 0 aromatic carbocycles. The van der Waals surface area contributed by atoms with Gasteiger partial charge in [0.1, 0.15) is 5.69 Å². The third-order valence-corrected chi connectivity index (χ3v) is 2.39. The molecule has 1 amide bonds. The molecule has 1 rings (SSSR count). The maximum absolute atomic E-state index is 11.2. The van der Waals surface area contributed by atoms with Crippen LogP contribution in [0, 0.1) is 0 Å². The Morgan fingerprint density at radius 2 is 2.21 bits per heavy atom. The number of primary sulfonamides is 1. The first kappa shape index (κ1) is 10.7. The Kier molecular flexibility index (Phi) is 2.58. The van der Waals surface area contributed by atoms with E-state index in [9.17, 15) is 13.2 Å². The number of nitrogens with two attached hydrogens (primary N) is 1. The number of hydrogen-bond acceptors (Lipinski definition) is 4. The summed E-state index contributed by atoms with van der Waals surface area (Å²) in [6.45, 7) is 0. The molecular weight excluding hydrogens is 208 g/mol. The Bertz CT molecular complexity index is 461. The van der Waals surface area contributed by atoms with Crippen LogP contribution >= 0.6 is 0 Å². The molecule has 0 aliphatic rings. The molecule has 0 saturated carbocycles. The highest BCUT2D eigenvalue weighted by Crippen LogP contribution is 2.06. The summed E-state index contributed by atoms with van der Waals surface area (Å²) in [5.74, 6) is -0.421. The minimum absolute atomic E-state index is 0.136. The van der Waals surface area contributed by atoms with Crippen molar-refractivity contribution in [1.29, 1.82) is 0 Å². The summed E-state index contributed by atoms with van der Waals surface area (Å²) in [6, 6.07) is 1.12. The molecule has 0 aliphatic carbocycles. The van der Waals surface area contributed by atoms with Crippen molar-refractivity contribution < 1.29 is 13.2 Å². The second-order valence-electron chi connectivity index (χ2n) is 2.62. The van der Waals surface area contributed by atoms with Gasteiger partial charge in [0.2, 0.25) is 0 Å². The van der Waals surface area contributed by atoms with Gasteiger partial charge < -0.3 is 5.32 Å². The van der Waals surface area contributed by atoms with Crippen molar-refractivity contribution in [2.45, 2.75) is 5.03 Å². The van der Waals surface area contributed by atoms with Gasteiger partial charge in [-0.25, -0.2) is 13.6 Å². The monoisotopic (exact) mass is 218 g/mol. The van der Waals surface area contributed by atoms with Crippen LogP contribution in [0.3, 0.4) is 0 Å². The quantitative estimate of drug-likeness (QED) is 0.625. The van der Waals surface area contributed by atoms with Gasteiger partial charge in [-0.15, -0.1) is 0 Å². The number of amides is 1. The van der Waals surface area contributed by atoms with Gasteiger partial charge >= 0.3 is 0 Å². The molecule has 1 heterocycles. The fourth-order valence-corrected chi connectivity index (χ4v) is 1.43.